The maximum atomic E-state index is 11.8. The molecule has 1 aliphatic rings. The molecule has 3 nitrogen and oxygen atoms in total. The standard InChI is InChI=1S/C17H24BrNO2/c1-3-16(20)19-11-9-14(10-12-19)17(21,4-2)13-5-7-15(18)8-6-13/h5-8,14,21H,3-4,9-12H2,1-2H3. The molecular formula is C17H24BrNO2. The summed E-state index contributed by atoms with van der Waals surface area (Å²) in [5, 5.41) is 11.2. The minimum atomic E-state index is -0.790. The van der Waals surface area contributed by atoms with Gasteiger partial charge in [0.05, 0.1) is 5.60 Å². The van der Waals surface area contributed by atoms with Crippen molar-refractivity contribution in [2.45, 2.75) is 45.1 Å². The zero-order valence-corrected chi connectivity index (χ0v) is 14.4. The third kappa shape index (κ3) is 3.49. The number of nitrogens with zero attached hydrogens (tertiary/aromatic N) is 1. The summed E-state index contributed by atoms with van der Waals surface area (Å²) in [5.41, 5.74) is 0.190. The van der Waals surface area contributed by atoms with Gasteiger partial charge in [0, 0.05) is 24.0 Å². The summed E-state index contributed by atoms with van der Waals surface area (Å²) in [6.07, 6.45) is 2.99. The molecule has 1 aromatic rings. The topological polar surface area (TPSA) is 40.5 Å². The Morgan fingerprint density at radius 3 is 2.33 bits per heavy atom. The number of carbonyl (C=O) groups excluding carboxylic acids is 1. The van der Waals surface area contributed by atoms with Gasteiger partial charge in [0.15, 0.2) is 0 Å². The highest BCUT2D eigenvalue weighted by atomic mass is 79.9. The molecule has 1 fully saturated rings. The first kappa shape index (κ1) is 16.5. The van der Waals surface area contributed by atoms with E-state index in [0.717, 1.165) is 36.0 Å². The van der Waals surface area contributed by atoms with Crippen molar-refractivity contribution in [1.82, 2.24) is 4.90 Å². The van der Waals surface area contributed by atoms with Crippen molar-refractivity contribution in [3.63, 3.8) is 0 Å². The Morgan fingerprint density at radius 2 is 1.86 bits per heavy atom. The summed E-state index contributed by atoms with van der Waals surface area (Å²) < 4.78 is 1.02. The van der Waals surface area contributed by atoms with Gasteiger partial charge in [-0.1, -0.05) is 41.9 Å². The highest BCUT2D eigenvalue weighted by Gasteiger charge is 2.39. The van der Waals surface area contributed by atoms with Crippen molar-refractivity contribution in [2.75, 3.05) is 13.1 Å². The van der Waals surface area contributed by atoms with Crippen LogP contribution in [0.2, 0.25) is 0 Å². The van der Waals surface area contributed by atoms with Crippen LogP contribution >= 0.6 is 15.9 Å². The second-order valence-electron chi connectivity index (χ2n) is 5.79. The largest absolute Gasteiger partial charge is 0.385 e. The van der Waals surface area contributed by atoms with Crippen LogP contribution in [0.4, 0.5) is 0 Å². The van der Waals surface area contributed by atoms with E-state index in [1.54, 1.807) is 0 Å². The number of rotatable bonds is 4. The van der Waals surface area contributed by atoms with E-state index in [9.17, 15) is 9.90 Å². The number of piperidine rings is 1. The number of benzene rings is 1. The summed E-state index contributed by atoms with van der Waals surface area (Å²) in [4.78, 5) is 13.7. The highest BCUT2D eigenvalue weighted by molar-refractivity contribution is 9.10. The summed E-state index contributed by atoms with van der Waals surface area (Å²) in [6.45, 7) is 5.45. The third-order valence-electron chi connectivity index (χ3n) is 4.71. The van der Waals surface area contributed by atoms with E-state index in [1.165, 1.54) is 0 Å². The van der Waals surface area contributed by atoms with E-state index in [-0.39, 0.29) is 11.8 Å². The molecule has 0 aliphatic carbocycles. The monoisotopic (exact) mass is 353 g/mol. The zero-order chi connectivity index (χ0) is 15.5. The van der Waals surface area contributed by atoms with Crippen LogP contribution in [0.3, 0.4) is 0 Å². The predicted octanol–water partition coefficient (Wildman–Crippen LogP) is 3.70. The Kier molecular flexibility index (Phi) is 5.44. The molecule has 1 N–H and O–H groups in total. The molecular weight excluding hydrogens is 330 g/mol. The molecule has 21 heavy (non-hydrogen) atoms. The average molecular weight is 354 g/mol. The van der Waals surface area contributed by atoms with Gasteiger partial charge in [-0.15, -0.1) is 0 Å². The normalized spacial score (nSPS) is 19.3. The number of amides is 1. The molecule has 0 saturated carbocycles. The molecule has 0 aromatic heterocycles. The second-order valence-corrected chi connectivity index (χ2v) is 6.71. The van der Waals surface area contributed by atoms with Crippen molar-refractivity contribution in [3.8, 4) is 0 Å². The lowest BCUT2D eigenvalue weighted by Gasteiger charge is -2.41. The van der Waals surface area contributed by atoms with Gasteiger partial charge in [0.1, 0.15) is 0 Å². The van der Waals surface area contributed by atoms with Crippen molar-refractivity contribution in [1.29, 1.82) is 0 Å². The van der Waals surface area contributed by atoms with Gasteiger partial charge in [-0.25, -0.2) is 0 Å². The van der Waals surface area contributed by atoms with Crippen LogP contribution < -0.4 is 0 Å². The third-order valence-corrected chi connectivity index (χ3v) is 5.24. The predicted molar refractivity (Wildman–Crippen MR) is 87.9 cm³/mol. The number of hydrogen-bond donors (Lipinski definition) is 1. The highest BCUT2D eigenvalue weighted by Crippen LogP contribution is 2.39. The smallest absolute Gasteiger partial charge is 0.222 e. The van der Waals surface area contributed by atoms with Gasteiger partial charge in [0.25, 0.3) is 0 Å². The fraction of sp³-hybridized carbons (Fsp3) is 0.588. The molecule has 0 radical (unpaired) electrons. The first-order valence-corrected chi connectivity index (χ1v) is 8.56. The van der Waals surface area contributed by atoms with Crippen LogP contribution in [-0.4, -0.2) is 29.0 Å². The fourth-order valence-electron chi connectivity index (χ4n) is 3.30. The first-order valence-electron chi connectivity index (χ1n) is 7.77. The van der Waals surface area contributed by atoms with Crippen LogP contribution in [0.5, 0.6) is 0 Å². The van der Waals surface area contributed by atoms with Gasteiger partial charge in [-0.3, -0.25) is 4.79 Å². The average Bonchev–Trinajstić information content (AvgIpc) is 2.54. The van der Waals surface area contributed by atoms with Gasteiger partial charge in [-0.2, -0.15) is 0 Å². The van der Waals surface area contributed by atoms with Crippen LogP contribution in [0.15, 0.2) is 28.7 Å². The molecule has 1 unspecified atom stereocenters. The molecule has 0 spiro atoms. The second kappa shape index (κ2) is 6.93. The van der Waals surface area contributed by atoms with E-state index in [1.807, 2.05) is 43.0 Å². The van der Waals surface area contributed by atoms with Gasteiger partial charge in [-0.05, 0) is 42.9 Å². The lowest BCUT2D eigenvalue weighted by atomic mass is 9.74. The number of aliphatic hydroxyl groups is 1. The molecule has 0 bridgehead atoms. The number of hydrogen-bond acceptors (Lipinski definition) is 2. The molecule has 1 aromatic carbocycles. The summed E-state index contributed by atoms with van der Waals surface area (Å²) in [5.74, 6) is 0.432. The Bertz CT molecular complexity index is 480. The first-order chi connectivity index (χ1) is 10.0. The molecule has 4 heteroatoms. The molecule has 1 amide bonds. The van der Waals surface area contributed by atoms with E-state index < -0.39 is 5.60 Å². The SMILES string of the molecule is CCC(=O)N1CCC(C(O)(CC)c2ccc(Br)cc2)CC1. The zero-order valence-electron chi connectivity index (χ0n) is 12.8. The number of halogens is 1. The summed E-state index contributed by atoms with van der Waals surface area (Å²) in [7, 11) is 0. The van der Waals surface area contributed by atoms with Crippen LogP contribution in [0.25, 0.3) is 0 Å². The van der Waals surface area contributed by atoms with Crippen molar-refractivity contribution in [2.24, 2.45) is 5.92 Å². The van der Waals surface area contributed by atoms with Crippen molar-refractivity contribution in [3.05, 3.63) is 34.3 Å². The molecule has 1 saturated heterocycles. The van der Waals surface area contributed by atoms with Gasteiger partial charge in [0.2, 0.25) is 5.91 Å². The Hall–Kier alpha value is -0.870. The molecule has 1 atom stereocenters. The maximum absolute atomic E-state index is 11.8. The minimum Gasteiger partial charge on any atom is -0.385 e. The Balaban J connectivity index is 2.11. The maximum Gasteiger partial charge on any atom is 0.222 e. The van der Waals surface area contributed by atoms with Crippen molar-refractivity contribution >= 4 is 21.8 Å². The molecule has 1 aliphatic heterocycles. The van der Waals surface area contributed by atoms with Gasteiger partial charge < -0.3 is 10.0 Å². The van der Waals surface area contributed by atoms with E-state index in [4.69, 9.17) is 0 Å². The fourth-order valence-corrected chi connectivity index (χ4v) is 3.56. The van der Waals surface area contributed by atoms with E-state index in [0.29, 0.717) is 12.8 Å². The minimum absolute atomic E-state index is 0.213. The van der Waals surface area contributed by atoms with Crippen LogP contribution in [-0.2, 0) is 10.4 Å². The van der Waals surface area contributed by atoms with Crippen LogP contribution in [0, 0.1) is 5.92 Å². The van der Waals surface area contributed by atoms with Gasteiger partial charge >= 0.3 is 0 Å². The van der Waals surface area contributed by atoms with Crippen molar-refractivity contribution < 1.29 is 9.90 Å². The Labute approximate surface area is 135 Å². The summed E-state index contributed by atoms with van der Waals surface area (Å²) in [6, 6.07) is 7.95. The molecule has 1 heterocycles. The molecule has 116 valence electrons. The quantitative estimate of drug-likeness (QED) is 0.896. The lowest BCUT2D eigenvalue weighted by Crippen LogP contribution is -2.45. The number of likely N-dealkylation sites (tertiary alicyclic amines) is 1. The number of carbonyl (C=O) groups is 1. The summed E-state index contributed by atoms with van der Waals surface area (Å²) >= 11 is 3.44. The lowest BCUT2D eigenvalue weighted by molar-refractivity contribution is -0.134. The molecule has 2 rings (SSSR count). The van der Waals surface area contributed by atoms with E-state index in [2.05, 4.69) is 15.9 Å². The van der Waals surface area contributed by atoms with Crippen LogP contribution in [0.1, 0.15) is 45.1 Å². The van der Waals surface area contributed by atoms with E-state index >= 15 is 0 Å². The Morgan fingerprint density at radius 1 is 1.29 bits per heavy atom.